The van der Waals surface area contributed by atoms with Gasteiger partial charge < -0.3 is 29.7 Å². The lowest BCUT2D eigenvalue weighted by atomic mass is 9.86. The maximum atomic E-state index is 13.6. The average molecular weight is 604 g/mol. The van der Waals surface area contributed by atoms with Gasteiger partial charge >= 0.3 is 18.0 Å². The molecule has 2 fully saturated rings. The summed E-state index contributed by atoms with van der Waals surface area (Å²) >= 11 is 0. The highest BCUT2D eigenvalue weighted by Crippen LogP contribution is 2.44. The highest BCUT2D eigenvalue weighted by molar-refractivity contribution is 6.02. The molecule has 2 heterocycles. The zero-order valence-corrected chi connectivity index (χ0v) is 25.1. The monoisotopic (exact) mass is 603 g/mol. The summed E-state index contributed by atoms with van der Waals surface area (Å²) in [5.74, 6) is -2.52. The molecule has 0 aromatic heterocycles. The number of hydrogen-bond acceptors (Lipinski definition) is 8. The van der Waals surface area contributed by atoms with Gasteiger partial charge in [-0.1, -0.05) is 54.6 Å². The molecule has 2 N–H and O–H groups in total. The van der Waals surface area contributed by atoms with E-state index in [1.165, 1.54) is 11.0 Å². The van der Waals surface area contributed by atoms with E-state index < -0.39 is 59.5 Å². The van der Waals surface area contributed by atoms with Gasteiger partial charge in [-0.2, -0.15) is 0 Å². The molecule has 11 heteroatoms. The molecule has 5 rings (SSSR count). The van der Waals surface area contributed by atoms with Gasteiger partial charge in [0.15, 0.2) is 0 Å². The Kier molecular flexibility index (Phi) is 8.49. The summed E-state index contributed by atoms with van der Waals surface area (Å²) in [6.45, 7) is 8.27. The molecular formula is C33H37N3O8. The quantitative estimate of drug-likeness (QED) is 0.253. The molecule has 0 radical (unpaired) electrons. The van der Waals surface area contributed by atoms with E-state index in [2.05, 4.69) is 17.2 Å². The van der Waals surface area contributed by atoms with E-state index in [1.807, 2.05) is 48.5 Å². The summed E-state index contributed by atoms with van der Waals surface area (Å²) in [7, 11) is 0. The third-order valence-electron chi connectivity index (χ3n) is 8.04. The van der Waals surface area contributed by atoms with Crippen molar-refractivity contribution in [2.24, 2.45) is 0 Å². The topological polar surface area (TPSA) is 140 Å². The van der Waals surface area contributed by atoms with Crippen LogP contribution in [0, 0.1) is 0 Å². The second-order valence-electron chi connectivity index (χ2n) is 12.3. The molecule has 3 atom stereocenters. The van der Waals surface area contributed by atoms with Crippen LogP contribution in [-0.4, -0.2) is 77.7 Å². The number of alkyl carbamates (subject to hydrolysis) is 1. The first kappa shape index (κ1) is 30.8. The van der Waals surface area contributed by atoms with Gasteiger partial charge in [0, 0.05) is 18.9 Å². The highest BCUT2D eigenvalue weighted by Gasteiger charge is 2.59. The molecule has 2 aromatic carbocycles. The number of rotatable bonds is 9. The lowest BCUT2D eigenvalue weighted by Crippen LogP contribution is -2.69. The summed E-state index contributed by atoms with van der Waals surface area (Å²) in [5.41, 5.74) is 1.93. The molecule has 2 saturated heterocycles. The van der Waals surface area contributed by atoms with Gasteiger partial charge in [0.05, 0.1) is 18.9 Å². The largest absolute Gasteiger partial charge is 0.463 e. The molecule has 232 valence electrons. The number of nitrogens with zero attached hydrogens (tertiary/aromatic N) is 1. The first-order chi connectivity index (χ1) is 20.9. The molecule has 3 aliphatic rings. The van der Waals surface area contributed by atoms with Crippen molar-refractivity contribution in [2.75, 3.05) is 19.8 Å². The number of hydrogen-bond donors (Lipinski definition) is 2. The Morgan fingerprint density at radius 2 is 1.64 bits per heavy atom. The standard InChI is InChI=1S/C33H37N3O8/c1-5-10-27(37)42-19-26-29(39)36-17-20(15-33(36,30(40)35-26)16-28(38)44-32(2,3)4)34-31(41)43-18-25-23-13-8-6-11-21(23)22-12-7-9-14-24(22)25/h5-9,11-14,20,25-26H,1,10,15-19H2,2-4H3,(H,34,41)(H,35,40)/t20-,26-,33+/m0/s1. The highest BCUT2D eigenvalue weighted by atomic mass is 16.6. The lowest BCUT2D eigenvalue weighted by molar-refractivity contribution is -0.167. The first-order valence-electron chi connectivity index (χ1n) is 14.6. The van der Waals surface area contributed by atoms with Crippen molar-refractivity contribution in [1.29, 1.82) is 0 Å². The van der Waals surface area contributed by atoms with Crippen molar-refractivity contribution in [2.45, 2.75) is 69.2 Å². The van der Waals surface area contributed by atoms with Crippen LogP contribution in [0.3, 0.4) is 0 Å². The average Bonchev–Trinajstić information content (AvgIpc) is 3.48. The van der Waals surface area contributed by atoms with Gasteiger partial charge in [-0.25, -0.2) is 4.79 Å². The summed E-state index contributed by atoms with van der Waals surface area (Å²) in [4.78, 5) is 66.3. The van der Waals surface area contributed by atoms with Crippen molar-refractivity contribution in [1.82, 2.24) is 15.5 Å². The molecule has 0 saturated carbocycles. The van der Waals surface area contributed by atoms with Gasteiger partial charge in [-0.15, -0.1) is 6.58 Å². The Bertz CT molecular complexity index is 1450. The maximum absolute atomic E-state index is 13.6. The predicted octanol–water partition coefficient (Wildman–Crippen LogP) is 3.21. The molecule has 0 bridgehead atoms. The number of carbonyl (C=O) groups excluding carboxylic acids is 5. The van der Waals surface area contributed by atoms with Crippen molar-refractivity contribution >= 4 is 29.8 Å². The Morgan fingerprint density at radius 3 is 2.25 bits per heavy atom. The number of piperazine rings is 1. The fourth-order valence-electron chi connectivity index (χ4n) is 6.27. The third-order valence-corrected chi connectivity index (χ3v) is 8.04. The van der Waals surface area contributed by atoms with Crippen LogP contribution >= 0.6 is 0 Å². The smallest absolute Gasteiger partial charge is 0.407 e. The number of ether oxygens (including phenoxy) is 3. The van der Waals surface area contributed by atoms with Crippen LogP contribution in [0.15, 0.2) is 61.2 Å². The van der Waals surface area contributed by atoms with E-state index in [0.717, 1.165) is 22.3 Å². The van der Waals surface area contributed by atoms with E-state index >= 15 is 0 Å². The number of fused-ring (bicyclic) bond motifs is 4. The van der Waals surface area contributed by atoms with Crippen molar-refractivity contribution in [3.63, 3.8) is 0 Å². The number of esters is 2. The van der Waals surface area contributed by atoms with Crippen LogP contribution in [0.4, 0.5) is 4.79 Å². The molecular weight excluding hydrogens is 566 g/mol. The van der Waals surface area contributed by atoms with Crippen LogP contribution in [0.1, 0.15) is 57.1 Å². The molecule has 44 heavy (non-hydrogen) atoms. The van der Waals surface area contributed by atoms with Crippen LogP contribution in [0.25, 0.3) is 11.1 Å². The summed E-state index contributed by atoms with van der Waals surface area (Å²) in [5, 5.41) is 5.41. The zero-order chi connectivity index (χ0) is 31.6. The molecule has 11 nitrogen and oxygen atoms in total. The second kappa shape index (κ2) is 12.1. The molecule has 2 aromatic rings. The van der Waals surface area contributed by atoms with E-state index in [9.17, 15) is 24.0 Å². The van der Waals surface area contributed by atoms with Crippen molar-refractivity contribution in [3.8, 4) is 11.1 Å². The second-order valence-corrected chi connectivity index (χ2v) is 12.3. The van der Waals surface area contributed by atoms with E-state index in [0.29, 0.717) is 0 Å². The van der Waals surface area contributed by atoms with Crippen LogP contribution in [0.2, 0.25) is 0 Å². The fraction of sp³-hybridized carbons (Fsp3) is 0.424. The van der Waals surface area contributed by atoms with Crippen molar-refractivity contribution in [3.05, 3.63) is 72.3 Å². The Balaban J connectivity index is 1.29. The first-order valence-corrected chi connectivity index (χ1v) is 14.6. The van der Waals surface area contributed by atoms with Crippen molar-refractivity contribution < 1.29 is 38.2 Å². The Hall–Kier alpha value is -4.67. The summed E-state index contributed by atoms with van der Waals surface area (Å²) < 4.78 is 16.3. The molecule has 0 unspecified atom stereocenters. The normalized spacial score (nSPS) is 22.3. The third kappa shape index (κ3) is 6.17. The van der Waals surface area contributed by atoms with E-state index in [4.69, 9.17) is 14.2 Å². The minimum absolute atomic E-state index is 0.0308. The van der Waals surface area contributed by atoms with Gasteiger partial charge in [-0.05, 0) is 43.0 Å². The fourth-order valence-corrected chi connectivity index (χ4v) is 6.27. The SMILES string of the molecule is C=CCC(=O)OC[C@@H]1NC(=O)[C@]2(CC(=O)OC(C)(C)C)C[C@H](NC(=O)OCC3c4ccccc4-c4ccccc43)CN2C1=O. The van der Waals surface area contributed by atoms with Gasteiger partial charge in [0.1, 0.15) is 30.4 Å². The summed E-state index contributed by atoms with van der Waals surface area (Å²) in [6, 6.07) is 14.1. The minimum Gasteiger partial charge on any atom is -0.463 e. The van der Waals surface area contributed by atoms with Crippen LogP contribution < -0.4 is 10.6 Å². The maximum Gasteiger partial charge on any atom is 0.407 e. The van der Waals surface area contributed by atoms with Crippen LogP contribution in [-0.2, 0) is 33.4 Å². The van der Waals surface area contributed by atoms with E-state index in [-0.39, 0.29) is 38.5 Å². The minimum atomic E-state index is -1.59. The molecule has 3 amide bonds. The van der Waals surface area contributed by atoms with Crippen LogP contribution in [0.5, 0.6) is 0 Å². The summed E-state index contributed by atoms with van der Waals surface area (Å²) in [6.07, 6.45) is 0.180. The van der Waals surface area contributed by atoms with Gasteiger partial charge in [0.2, 0.25) is 11.8 Å². The number of carbonyl (C=O) groups is 5. The predicted molar refractivity (Wildman–Crippen MR) is 159 cm³/mol. The lowest BCUT2D eigenvalue weighted by Gasteiger charge is -2.43. The molecule has 1 aliphatic carbocycles. The van der Waals surface area contributed by atoms with Gasteiger partial charge in [-0.3, -0.25) is 19.2 Å². The number of nitrogens with one attached hydrogen (secondary N) is 2. The molecule has 2 aliphatic heterocycles. The van der Waals surface area contributed by atoms with Gasteiger partial charge in [0.25, 0.3) is 0 Å². The Morgan fingerprint density at radius 1 is 1.00 bits per heavy atom. The molecule has 0 spiro atoms. The van der Waals surface area contributed by atoms with E-state index in [1.54, 1.807) is 20.8 Å². The number of benzene rings is 2. The number of amides is 3. The zero-order valence-electron chi connectivity index (χ0n) is 25.1. The Labute approximate surface area is 255 Å².